The Morgan fingerprint density at radius 2 is 2.10 bits per heavy atom. The third-order valence-electron chi connectivity index (χ3n) is 3.34. The summed E-state index contributed by atoms with van der Waals surface area (Å²) in [6, 6.07) is 5.64. The average Bonchev–Trinajstić information content (AvgIpc) is 3.29. The minimum absolute atomic E-state index is 0.297. The Balaban J connectivity index is 2.13. The standard InChI is InChI=1S/C17H22O4/c1-4-20-17(18)12(2)9-14-7-8-15(19-3)16(10-14)21-11-13-5-6-13/h7-10,13H,4-6,11H2,1-3H3. The van der Waals surface area contributed by atoms with Crippen LogP contribution in [0.15, 0.2) is 23.8 Å². The van der Waals surface area contributed by atoms with Gasteiger partial charge in [0, 0.05) is 5.57 Å². The second-order valence-corrected chi connectivity index (χ2v) is 5.21. The van der Waals surface area contributed by atoms with E-state index in [1.165, 1.54) is 12.8 Å². The van der Waals surface area contributed by atoms with Gasteiger partial charge in [0.25, 0.3) is 0 Å². The fourth-order valence-electron chi connectivity index (χ4n) is 1.94. The molecule has 1 aliphatic rings. The summed E-state index contributed by atoms with van der Waals surface area (Å²) in [5.74, 6) is 1.81. The van der Waals surface area contributed by atoms with Gasteiger partial charge in [-0.1, -0.05) is 6.07 Å². The van der Waals surface area contributed by atoms with Crippen molar-refractivity contribution in [1.29, 1.82) is 0 Å². The number of benzene rings is 1. The highest BCUT2D eigenvalue weighted by atomic mass is 16.5. The van der Waals surface area contributed by atoms with Gasteiger partial charge in [-0.05, 0) is 56.4 Å². The number of hydrogen-bond donors (Lipinski definition) is 0. The third-order valence-corrected chi connectivity index (χ3v) is 3.34. The lowest BCUT2D eigenvalue weighted by atomic mass is 10.1. The number of esters is 1. The van der Waals surface area contributed by atoms with Gasteiger partial charge >= 0.3 is 5.97 Å². The van der Waals surface area contributed by atoms with Gasteiger partial charge in [-0.25, -0.2) is 4.79 Å². The molecule has 2 rings (SSSR count). The molecule has 21 heavy (non-hydrogen) atoms. The molecule has 4 heteroatoms. The molecule has 1 fully saturated rings. The zero-order chi connectivity index (χ0) is 15.2. The van der Waals surface area contributed by atoms with Crippen LogP contribution in [0.5, 0.6) is 11.5 Å². The molecule has 0 aromatic heterocycles. The molecule has 1 aromatic rings. The number of carbonyl (C=O) groups is 1. The first kappa shape index (κ1) is 15.4. The fraction of sp³-hybridized carbons (Fsp3) is 0.471. The molecule has 0 saturated heterocycles. The van der Waals surface area contributed by atoms with Gasteiger partial charge in [0.1, 0.15) is 0 Å². The van der Waals surface area contributed by atoms with Gasteiger partial charge in [-0.2, -0.15) is 0 Å². The van der Waals surface area contributed by atoms with Crippen LogP contribution in [-0.4, -0.2) is 26.3 Å². The molecule has 0 aliphatic heterocycles. The number of ether oxygens (including phenoxy) is 3. The van der Waals surface area contributed by atoms with E-state index in [4.69, 9.17) is 14.2 Å². The van der Waals surface area contributed by atoms with Gasteiger partial charge in [-0.3, -0.25) is 0 Å². The smallest absolute Gasteiger partial charge is 0.333 e. The molecule has 0 unspecified atom stereocenters. The van der Waals surface area contributed by atoms with E-state index >= 15 is 0 Å². The Bertz CT molecular complexity index is 530. The van der Waals surface area contributed by atoms with Crippen molar-refractivity contribution in [3.8, 4) is 11.5 Å². The summed E-state index contributed by atoms with van der Waals surface area (Å²) in [6.07, 6.45) is 4.27. The van der Waals surface area contributed by atoms with E-state index in [-0.39, 0.29) is 5.97 Å². The quantitative estimate of drug-likeness (QED) is 0.570. The van der Waals surface area contributed by atoms with E-state index in [2.05, 4.69) is 0 Å². The van der Waals surface area contributed by atoms with Crippen molar-refractivity contribution in [2.24, 2.45) is 5.92 Å². The zero-order valence-corrected chi connectivity index (χ0v) is 12.8. The summed E-state index contributed by atoms with van der Waals surface area (Å²) >= 11 is 0. The summed E-state index contributed by atoms with van der Waals surface area (Å²) in [5.41, 5.74) is 1.46. The van der Waals surface area contributed by atoms with Crippen LogP contribution in [-0.2, 0) is 9.53 Å². The topological polar surface area (TPSA) is 44.8 Å². The summed E-state index contributed by atoms with van der Waals surface area (Å²) in [7, 11) is 1.62. The van der Waals surface area contributed by atoms with Crippen molar-refractivity contribution in [2.45, 2.75) is 26.7 Å². The van der Waals surface area contributed by atoms with Gasteiger partial charge in [-0.15, -0.1) is 0 Å². The maximum atomic E-state index is 11.6. The molecule has 0 radical (unpaired) electrons. The molecule has 0 spiro atoms. The zero-order valence-electron chi connectivity index (χ0n) is 12.8. The highest BCUT2D eigenvalue weighted by Crippen LogP contribution is 2.33. The third kappa shape index (κ3) is 4.52. The van der Waals surface area contributed by atoms with E-state index in [1.807, 2.05) is 18.2 Å². The van der Waals surface area contributed by atoms with Gasteiger partial charge < -0.3 is 14.2 Å². The van der Waals surface area contributed by atoms with Crippen LogP contribution in [0.25, 0.3) is 6.08 Å². The molecule has 0 bridgehead atoms. The second kappa shape index (κ2) is 7.16. The van der Waals surface area contributed by atoms with Crippen molar-refractivity contribution in [3.63, 3.8) is 0 Å². The van der Waals surface area contributed by atoms with Crippen molar-refractivity contribution < 1.29 is 19.0 Å². The number of rotatable bonds is 7. The molecular weight excluding hydrogens is 268 g/mol. The Hall–Kier alpha value is -1.97. The number of carbonyl (C=O) groups excluding carboxylic acids is 1. The second-order valence-electron chi connectivity index (χ2n) is 5.21. The Morgan fingerprint density at radius 3 is 2.71 bits per heavy atom. The summed E-state index contributed by atoms with van der Waals surface area (Å²) in [5, 5.41) is 0. The van der Waals surface area contributed by atoms with Crippen LogP contribution in [0.1, 0.15) is 32.3 Å². The maximum absolute atomic E-state index is 11.6. The Morgan fingerprint density at radius 1 is 1.33 bits per heavy atom. The van der Waals surface area contributed by atoms with E-state index in [1.54, 1.807) is 27.0 Å². The van der Waals surface area contributed by atoms with Crippen molar-refractivity contribution in [2.75, 3.05) is 20.3 Å². The molecule has 4 nitrogen and oxygen atoms in total. The monoisotopic (exact) mass is 290 g/mol. The van der Waals surface area contributed by atoms with Crippen LogP contribution in [0, 0.1) is 5.92 Å². The summed E-state index contributed by atoms with van der Waals surface area (Å²) < 4.78 is 16.1. The minimum atomic E-state index is -0.297. The molecule has 0 heterocycles. The first-order chi connectivity index (χ1) is 10.1. The highest BCUT2D eigenvalue weighted by molar-refractivity contribution is 5.93. The SMILES string of the molecule is CCOC(=O)C(C)=Cc1ccc(OC)c(OCC2CC2)c1. The highest BCUT2D eigenvalue weighted by Gasteiger charge is 2.22. The van der Waals surface area contributed by atoms with Gasteiger partial charge in [0.2, 0.25) is 0 Å². The lowest BCUT2D eigenvalue weighted by Crippen LogP contribution is -2.05. The molecule has 0 atom stereocenters. The average molecular weight is 290 g/mol. The lowest BCUT2D eigenvalue weighted by molar-refractivity contribution is -0.138. The molecule has 0 N–H and O–H groups in total. The maximum Gasteiger partial charge on any atom is 0.333 e. The van der Waals surface area contributed by atoms with Crippen molar-refractivity contribution in [3.05, 3.63) is 29.3 Å². The van der Waals surface area contributed by atoms with Crippen LogP contribution < -0.4 is 9.47 Å². The largest absolute Gasteiger partial charge is 0.493 e. The van der Waals surface area contributed by atoms with Crippen LogP contribution in [0.3, 0.4) is 0 Å². The summed E-state index contributed by atoms with van der Waals surface area (Å²) in [4.78, 5) is 11.6. The first-order valence-corrected chi connectivity index (χ1v) is 7.30. The number of methoxy groups -OCH3 is 1. The van der Waals surface area contributed by atoms with Crippen LogP contribution >= 0.6 is 0 Å². The Kier molecular flexibility index (Phi) is 5.26. The molecule has 1 aromatic carbocycles. The van der Waals surface area contributed by atoms with E-state index in [0.717, 1.165) is 17.9 Å². The van der Waals surface area contributed by atoms with Gasteiger partial charge in [0.15, 0.2) is 11.5 Å². The molecule has 1 aliphatic carbocycles. The van der Waals surface area contributed by atoms with Crippen LogP contribution in [0.2, 0.25) is 0 Å². The van der Waals surface area contributed by atoms with Crippen LogP contribution in [0.4, 0.5) is 0 Å². The Labute approximate surface area is 125 Å². The van der Waals surface area contributed by atoms with Crippen molar-refractivity contribution in [1.82, 2.24) is 0 Å². The normalized spacial score (nSPS) is 14.7. The molecule has 114 valence electrons. The fourth-order valence-corrected chi connectivity index (χ4v) is 1.94. The predicted molar refractivity (Wildman–Crippen MR) is 81.5 cm³/mol. The predicted octanol–water partition coefficient (Wildman–Crippen LogP) is 3.45. The minimum Gasteiger partial charge on any atom is -0.493 e. The lowest BCUT2D eigenvalue weighted by Gasteiger charge is -2.11. The van der Waals surface area contributed by atoms with E-state index in [0.29, 0.717) is 23.8 Å². The number of hydrogen-bond acceptors (Lipinski definition) is 4. The molecule has 1 saturated carbocycles. The first-order valence-electron chi connectivity index (χ1n) is 7.30. The van der Waals surface area contributed by atoms with Crippen molar-refractivity contribution >= 4 is 12.0 Å². The van der Waals surface area contributed by atoms with E-state index < -0.39 is 0 Å². The molecular formula is C17H22O4. The van der Waals surface area contributed by atoms with E-state index in [9.17, 15) is 4.79 Å². The molecule has 0 amide bonds. The van der Waals surface area contributed by atoms with Gasteiger partial charge in [0.05, 0.1) is 20.3 Å². The summed E-state index contributed by atoms with van der Waals surface area (Å²) in [6.45, 7) is 4.64.